The van der Waals surface area contributed by atoms with Crippen molar-refractivity contribution in [1.82, 2.24) is 19.4 Å². The van der Waals surface area contributed by atoms with Crippen molar-refractivity contribution in [2.45, 2.75) is 23.2 Å². The third kappa shape index (κ3) is 5.37. The number of likely N-dealkylation sites (tertiary alicyclic amines) is 1. The second-order valence-corrected chi connectivity index (χ2v) is 10.1. The Morgan fingerprint density at radius 2 is 1.80 bits per heavy atom. The van der Waals surface area contributed by atoms with E-state index >= 15 is 0 Å². The average Bonchev–Trinajstić information content (AvgIpc) is 3.29. The topological polar surface area (TPSA) is 76.9 Å². The van der Waals surface area contributed by atoms with E-state index in [4.69, 9.17) is 14.5 Å². The normalized spacial score (nSPS) is 17.7. The lowest BCUT2D eigenvalue weighted by Crippen LogP contribution is -2.44. The lowest BCUT2D eigenvalue weighted by molar-refractivity contribution is -0.127. The summed E-state index contributed by atoms with van der Waals surface area (Å²) in [5.41, 5.74) is 1.30. The van der Waals surface area contributed by atoms with Crippen molar-refractivity contribution in [2.75, 3.05) is 53.0 Å². The lowest BCUT2D eigenvalue weighted by atomic mass is 10.2. The number of aromatic nitrogens is 2. The highest BCUT2D eigenvalue weighted by Crippen LogP contribution is 2.28. The first-order chi connectivity index (χ1) is 17.1. The zero-order valence-corrected chi connectivity index (χ0v) is 20.7. The van der Waals surface area contributed by atoms with E-state index < -0.39 is 0 Å². The predicted octanol–water partition coefficient (Wildman–Crippen LogP) is 2.81. The number of amides is 1. The SMILES string of the molecule is COc1ccc(-n2c(S[C@H](CN3CCOCC3)CN3CCCC3=O)nc3ccccc3c2=O)cc1. The van der Waals surface area contributed by atoms with E-state index in [1.54, 1.807) is 23.4 Å². The molecule has 3 heterocycles. The van der Waals surface area contributed by atoms with Crippen molar-refractivity contribution in [2.24, 2.45) is 0 Å². The van der Waals surface area contributed by atoms with Crippen LogP contribution in [0.15, 0.2) is 58.5 Å². The number of carbonyl (C=O) groups is 1. The third-order valence-electron chi connectivity index (χ3n) is 6.51. The first-order valence-electron chi connectivity index (χ1n) is 12.0. The van der Waals surface area contributed by atoms with Gasteiger partial charge < -0.3 is 14.4 Å². The van der Waals surface area contributed by atoms with Crippen LogP contribution in [0, 0.1) is 0 Å². The summed E-state index contributed by atoms with van der Waals surface area (Å²) in [5, 5.41) is 1.27. The number of methoxy groups -OCH3 is 1. The fourth-order valence-electron chi connectivity index (χ4n) is 4.65. The molecule has 2 fully saturated rings. The number of morpholine rings is 1. The van der Waals surface area contributed by atoms with Gasteiger partial charge in [0.15, 0.2) is 5.16 Å². The molecule has 35 heavy (non-hydrogen) atoms. The van der Waals surface area contributed by atoms with Gasteiger partial charge in [-0.15, -0.1) is 0 Å². The molecule has 184 valence electrons. The van der Waals surface area contributed by atoms with Crippen molar-refractivity contribution in [1.29, 1.82) is 0 Å². The van der Waals surface area contributed by atoms with E-state index in [0.29, 0.717) is 42.2 Å². The molecule has 9 heteroatoms. The molecule has 1 atom stereocenters. The zero-order chi connectivity index (χ0) is 24.2. The van der Waals surface area contributed by atoms with Crippen LogP contribution in [-0.4, -0.2) is 83.6 Å². The molecule has 8 nitrogen and oxygen atoms in total. The van der Waals surface area contributed by atoms with E-state index in [1.165, 1.54) is 0 Å². The van der Waals surface area contributed by atoms with Gasteiger partial charge in [0.25, 0.3) is 5.56 Å². The van der Waals surface area contributed by atoms with Crippen LogP contribution in [0.25, 0.3) is 16.6 Å². The molecule has 2 aliphatic rings. The molecule has 0 bridgehead atoms. The second-order valence-electron chi connectivity index (χ2n) is 8.85. The maximum Gasteiger partial charge on any atom is 0.266 e. The minimum absolute atomic E-state index is 0.0627. The number of rotatable bonds is 8. The average molecular weight is 495 g/mol. The van der Waals surface area contributed by atoms with Gasteiger partial charge in [-0.2, -0.15) is 0 Å². The van der Waals surface area contributed by atoms with Crippen LogP contribution < -0.4 is 10.3 Å². The van der Waals surface area contributed by atoms with Gasteiger partial charge in [0, 0.05) is 44.4 Å². The molecule has 3 aromatic rings. The fraction of sp³-hybridized carbons (Fsp3) is 0.423. The molecule has 5 rings (SSSR count). The summed E-state index contributed by atoms with van der Waals surface area (Å²) < 4.78 is 12.5. The summed E-state index contributed by atoms with van der Waals surface area (Å²) in [6, 6.07) is 14.9. The van der Waals surface area contributed by atoms with Crippen LogP contribution in [0.4, 0.5) is 0 Å². The molecule has 0 N–H and O–H groups in total. The van der Waals surface area contributed by atoms with E-state index in [9.17, 15) is 9.59 Å². The van der Waals surface area contributed by atoms with Gasteiger partial charge in [0.1, 0.15) is 5.75 Å². The Balaban J connectivity index is 1.53. The number of ether oxygens (including phenoxy) is 2. The Labute approximate surface area is 208 Å². The van der Waals surface area contributed by atoms with Gasteiger partial charge in [0.2, 0.25) is 5.91 Å². The lowest BCUT2D eigenvalue weighted by Gasteiger charge is -2.32. The third-order valence-corrected chi connectivity index (χ3v) is 7.62. The number of nitrogens with zero attached hydrogens (tertiary/aromatic N) is 4. The maximum atomic E-state index is 13.7. The second kappa shape index (κ2) is 10.8. The Kier molecular flexibility index (Phi) is 7.36. The van der Waals surface area contributed by atoms with Crippen LogP contribution in [-0.2, 0) is 9.53 Å². The highest BCUT2D eigenvalue weighted by molar-refractivity contribution is 7.99. The van der Waals surface area contributed by atoms with Crippen LogP contribution in [0.1, 0.15) is 12.8 Å². The van der Waals surface area contributed by atoms with Gasteiger partial charge in [-0.3, -0.25) is 19.1 Å². The van der Waals surface area contributed by atoms with Crippen molar-refractivity contribution in [3.05, 3.63) is 58.9 Å². The monoisotopic (exact) mass is 494 g/mol. The predicted molar refractivity (Wildman–Crippen MR) is 137 cm³/mol. The van der Waals surface area contributed by atoms with Gasteiger partial charge in [-0.25, -0.2) is 4.98 Å². The maximum absolute atomic E-state index is 13.7. The number of fused-ring (bicyclic) bond motifs is 1. The summed E-state index contributed by atoms with van der Waals surface area (Å²) >= 11 is 1.58. The highest BCUT2D eigenvalue weighted by Gasteiger charge is 2.27. The standard InChI is InChI=1S/C26H30N4O4S/c1-33-20-10-8-19(9-11-20)30-25(32)22-5-2-3-6-23(22)27-26(30)35-21(17-28-13-15-34-16-14-28)18-29-12-4-7-24(29)31/h2-3,5-6,8-11,21H,4,7,12-18H2,1H3/t21-/m1/s1. The Bertz CT molecular complexity index is 1240. The van der Waals surface area contributed by atoms with Gasteiger partial charge >= 0.3 is 0 Å². The molecule has 2 aliphatic heterocycles. The van der Waals surface area contributed by atoms with Gasteiger partial charge in [-0.05, 0) is 42.8 Å². The number of hydrogen-bond acceptors (Lipinski definition) is 7. The number of thioether (sulfide) groups is 1. The van der Waals surface area contributed by atoms with Gasteiger partial charge in [-0.1, -0.05) is 23.9 Å². The number of para-hydroxylation sites is 1. The molecule has 0 saturated carbocycles. The van der Waals surface area contributed by atoms with E-state index in [1.807, 2.05) is 53.4 Å². The zero-order valence-electron chi connectivity index (χ0n) is 19.9. The van der Waals surface area contributed by atoms with Crippen LogP contribution in [0.2, 0.25) is 0 Å². The molecule has 2 saturated heterocycles. The van der Waals surface area contributed by atoms with E-state index in [0.717, 1.165) is 44.0 Å². The Hall–Kier alpha value is -2.88. The number of benzene rings is 2. The van der Waals surface area contributed by atoms with Crippen molar-refractivity contribution in [3.8, 4) is 11.4 Å². The van der Waals surface area contributed by atoms with Crippen LogP contribution in [0.5, 0.6) is 5.75 Å². The molecule has 0 spiro atoms. The number of hydrogen-bond donors (Lipinski definition) is 0. The van der Waals surface area contributed by atoms with E-state index in [2.05, 4.69) is 4.90 Å². The Morgan fingerprint density at radius 1 is 1.03 bits per heavy atom. The van der Waals surface area contributed by atoms with Crippen molar-refractivity contribution >= 4 is 28.6 Å². The van der Waals surface area contributed by atoms with Crippen LogP contribution >= 0.6 is 11.8 Å². The molecular weight excluding hydrogens is 464 g/mol. The van der Waals surface area contributed by atoms with Crippen molar-refractivity contribution < 1.29 is 14.3 Å². The first kappa shape index (κ1) is 23.8. The summed E-state index contributed by atoms with van der Waals surface area (Å²) in [5.74, 6) is 0.930. The molecule has 0 aliphatic carbocycles. The summed E-state index contributed by atoms with van der Waals surface area (Å²) in [6.45, 7) is 5.36. The molecule has 0 radical (unpaired) electrons. The number of carbonyl (C=O) groups excluding carboxylic acids is 1. The minimum atomic E-state index is -0.106. The van der Waals surface area contributed by atoms with Gasteiger partial charge in [0.05, 0.1) is 36.9 Å². The molecule has 1 amide bonds. The minimum Gasteiger partial charge on any atom is -0.497 e. The first-order valence-corrected chi connectivity index (χ1v) is 12.9. The largest absolute Gasteiger partial charge is 0.497 e. The Morgan fingerprint density at radius 3 is 2.51 bits per heavy atom. The summed E-state index contributed by atoms with van der Waals surface area (Å²) in [4.78, 5) is 35.3. The molecule has 2 aromatic carbocycles. The molecule has 1 aromatic heterocycles. The van der Waals surface area contributed by atoms with Crippen LogP contribution in [0.3, 0.4) is 0 Å². The smallest absolute Gasteiger partial charge is 0.266 e. The summed E-state index contributed by atoms with van der Waals surface area (Å²) in [7, 11) is 1.62. The quantitative estimate of drug-likeness (QED) is 0.352. The van der Waals surface area contributed by atoms with E-state index in [-0.39, 0.29) is 16.7 Å². The molecular formula is C26H30N4O4S. The van der Waals surface area contributed by atoms with Crippen molar-refractivity contribution in [3.63, 3.8) is 0 Å². The highest BCUT2D eigenvalue weighted by atomic mass is 32.2. The fourth-order valence-corrected chi connectivity index (χ4v) is 5.93. The molecule has 0 unspecified atom stereocenters. The summed E-state index contributed by atoms with van der Waals surface area (Å²) in [6.07, 6.45) is 1.51.